The molecule has 1 atom stereocenters. The van der Waals surface area contributed by atoms with Crippen molar-refractivity contribution in [1.82, 2.24) is 9.78 Å². The summed E-state index contributed by atoms with van der Waals surface area (Å²) in [6.45, 7) is 2.02. The average Bonchev–Trinajstić information content (AvgIpc) is 2.96. The molecule has 1 aliphatic carbocycles. The van der Waals surface area contributed by atoms with Gasteiger partial charge in [0.1, 0.15) is 0 Å². The Morgan fingerprint density at radius 2 is 2.27 bits per heavy atom. The molecule has 1 fully saturated rings. The van der Waals surface area contributed by atoms with Crippen molar-refractivity contribution in [3.8, 4) is 0 Å². The lowest BCUT2D eigenvalue weighted by atomic mass is 10.1. The zero-order valence-electron chi connectivity index (χ0n) is 9.33. The van der Waals surface area contributed by atoms with Gasteiger partial charge in [-0.3, -0.25) is 4.68 Å². The van der Waals surface area contributed by atoms with Crippen LogP contribution >= 0.6 is 15.9 Å². The second-order valence-corrected chi connectivity index (χ2v) is 5.30. The summed E-state index contributed by atoms with van der Waals surface area (Å²) in [4.78, 5) is 0. The van der Waals surface area contributed by atoms with Crippen LogP contribution in [0.4, 0.5) is 0 Å². The number of hydrogen-bond acceptors (Lipinski definition) is 2. The van der Waals surface area contributed by atoms with E-state index in [9.17, 15) is 0 Å². The summed E-state index contributed by atoms with van der Waals surface area (Å²) in [5, 5.41) is 4.38. The summed E-state index contributed by atoms with van der Waals surface area (Å²) >= 11 is 3.58. The van der Waals surface area contributed by atoms with Gasteiger partial charge in [0.15, 0.2) is 0 Å². The first-order valence-electron chi connectivity index (χ1n) is 5.53. The molecule has 0 spiro atoms. The second kappa shape index (κ2) is 4.26. The summed E-state index contributed by atoms with van der Waals surface area (Å²) in [5.41, 5.74) is 8.42. The summed E-state index contributed by atoms with van der Waals surface area (Å²) in [6, 6.07) is 0.382. The lowest BCUT2D eigenvalue weighted by Crippen LogP contribution is -2.23. The molecule has 0 aromatic carbocycles. The minimum absolute atomic E-state index is 0.382. The lowest BCUT2D eigenvalue weighted by Gasteiger charge is -2.10. The van der Waals surface area contributed by atoms with Crippen molar-refractivity contribution in [2.75, 3.05) is 0 Å². The van der Waals surface area contributed by atoms with Gasteiger partial charge < -0.3 is 5.73 Å². The van der Waals surface area contributed by atoms with E-state index in [2.05, 4.69) is 21.0 Å². The van der Waals surface area contributed by atoms with Gasteiger partial charge in [-0.15, -0.1) is 0 Å². The third kappa shape index (κ3) is 2.42. The molecule has 15 heavy (non-hydrogen) atoms. The molecule has 3 nitrogen and oxygen atoms in total. The number of aromatic nitrogens is 2. The standard InChI is InChI=1S/C11H18BrN3/c1-7-11(12)10(15(2)14-7)6-5-9(13)8-3-4-8/h8-9H,3-6,13H2,1-2H3. The van der Waals surface area contributed by atoms with Crippen LogP contribution in [0, 0.1) is 12.8 Å². The summed E-state index contributed by atoms with van der Waals surface area (Å²) in [6.07, 6.45) is 4.75. The Morgan fingerprint density at radius 3 is 2.73 bits per heavy atom. The summed E-state index contributed by atoms with van der Waals surface area (Å²) in [5.74, 6) is 0.790. The van der Waals surface area contributed by atoms with E-state index in [1.54, 1.807) is 0 Å². The highest BCUT2D eigenvalue weighted by atomic mass is 79.9. The first-order chi connectivity index (χ1) is 7.09. The Balaban J connectivity index is 1.97. The molecule has 0 aliphatic heterocycles. The Labute approximate surface area is 99.2 Å². The fourth-order valence-corrected chi connectivity index (χ4v) is 2.55. The Hall–Kier alpha value is -0.350. The van der Waals surface area contributed by atoms with Crippen molar-refractivity contribution in [1.29, 1.82) is 0 Å². The molecular weight excluding hydrogens is 254 g/mol. The van der Waals surface area contributed by atoms with Gasteiger partial charge in [0.2, 0.25) is 0 Å². The first kappa shape index (κ1) is 11.1. The fraction of sp³-hybridized carbons (Fsp3) is 0.727. The molecular formula is C11H18BrN3. The predicted octanol–water partition coefficient (Wildman–Crippen LogP) is 2.16. The molecule has 1 aromatic rings. The van der Waals surface area contributed by atoms with E-state index in [0.29, 0.717) is 6.04 Å². The SMILES string of the molecule is Cc1nn(C)c(CCC(N)C2CC2)c1Br. The topological polar surface area (TPSA) is 43.8 Å². The Kier molecular flexibility index (Phi) is 3.16. The molecule has 84 valence electrons. The van der Waals surface area contributed by atoms with Crippen molar-refractivity contribution in [2.24, 2.45) is 18.7 Å². The highest BCUT2D eigenvalue weighted by Crippen LogP contribution is 2.33. The van der Waals surface area contributed by atoms with Crippen molar-refractivity contribution in [3.05, 3.63) is 15.9 Å². The molecule has 0 radical (unpaired) electrons. The van der Waals surface area contributed by atoms with E-state index in [1.165, 1.54) is 18.5 Å². The van der Waals surface area contributed by atoms with Gasteiger partial charge in [-0.1, -0.05) is 0 Å². The van der Waals surface area contributed by atoms with Crippen LogP contribution in [-0.4, -0.2) is 15.8 Å². The number of rotatable bonds is 4. The van der Waals surface area contributed by atoms with Crippen LogP contribution in [0.5, 0.6) is 0 Å². The van der Waals surface area contributed by atoms with Gasteiger partial charge in [-0.05, 0) is 54.5 Å². The average molecular weight is 272 g/mol. The smallest absolute Gasteiger partial charge is 0.0738 e. The molecule has 1 aromatic heterocycles. The number of halogens is 1. The quantitative estimate of drug-likeness (QED) is 0.912. The van der Waals surface area contributed by atoms with Gasteiger partial charge >= 0.3 is 0 Å². The van der Waals surface area contributed by atoms with E-state index in [1.807, 2.05) is 18.7 Å². The van der Waals surface area contributed by atoms with Crippen molar-refractivity contribution >= 4 is 15.9 Å². The maximum absolute atomic E-state index is 6.09. The Morgan fingerprint density at radius 1 is 1.60 bits per heavy atom. The highest BCUT2D eigenvalue weighted by Gasteiger charge is 2.28. The van der Waals surface area contributed by atoms with Crippen LogP contribution in [0.1, 0.15) is 30.7 Å². The van der Waals surface area contributed by atoms with Crippen molar-refractivity contribution in [3.63, 3.8) is 0 Å². The van der Waals surface area contributed by atoms with Crippen LogP contribution < -0.4 is 5.73 Å². The summed E-state index contributed by atoms with van der Waals surface area (Å²) < 4.78 is 3.10. The maximum atomic E-state index is 6.09. The number of hydrogen-bond donors (Lipinski definition) is 1. The first-order valence-corrected chi connectivity index (χ1v) is 6.32. The number of nitrogens with zero attached hydrogens (tertiary/aromatic N) is 2. The number of nitrogens with two attached hydrogens (primary N) is 1. The third-order valence-electron chi connectivity index (χ3n) is 3.20. The molecule has 0 saturated heterocycles. The third-order valence-corrected chi connectivity index (χ3v) is 4.24. The lowest BCUT2D eigenvalue weighted by molar-refractivity contribution is 0.536. The van der Waals surface area contributed by atoms with Gasteiger partial charge in [0, 0.05) is 13.1 Å². The van der Waals surface area contributed by atoms with Crippen LogP contribution in [0.2, 0.25) is 0 Å². The molecule has 0 bridgehead atoms. The zero-order valence-corrected chi connectivity index (χ0v) is 10.9. The van der Waals surface area contributed by atoms with Crippen LogP contribution in [0.3, 0.4) is 0 Å². The van der Waals surface area contributed by atoms with Crippen LogP contribution in [0.25, 0.3) is 0 Å². The normalized spacial score (nSPS) is 18.1. The highest BCUT2D eigenvalue weighted by molar-refractivity contribution is 9.10. The largest absolute Gasteiger partial charge is 0.327 e. The van der Waals surface area contributed by atoms with E-state index >= 15 is 0 Å². The summed E-state index contributed by atoms with van der Waals surface area (Å²) in [7, 11) is 2.00. The fourth-order valence-electron chi connectivity index (χ4n) is 2.02. The zero-order chi connectivity index (χ0) is 11.0. The molecule has 2 rings (SSSR count). The van der Waals surface area contributed by atoms with E-state index in [0.717, 1.165) is 28.9 Å². The molecule has 1 heterocycles. The van der Waals surface area contributed by atoms with E-state index < -0.39 is 0 Å². The molecule has 4 heteroatoms. The minimum atomic E-state index is 0.382. The second-order valence-electron chi connectivity index (χ2n) is 4.51. The minimum Gasteiger partial charge on any atom is -0.327 e. The Bertz CT molecular complexity index is 355. The van der Waals surface area contributed by atoms with Gasteiger partial charge in [0.05, 0.1) is 15.9 Å². The van der Waals surface area contributed by atoms with Crippen molar-refractivity contribution in [2.45, 2.75) is 38.6 Å². The maximum Gasteiger partial charge on any atom is 0.0738 e. The molecule has 1 aliphatic rings. The monoisotopic (exact) mass is 271 g/mol. The molecule has 1 saturated carbocycles. The van der Waals surface area contributed by atoms with Gasteiger partial charge in [0.25, 0.3) is 0 Å². The number of aryl methyl sites for hydroxylation is 2. The molecule has 2 N–H and O–H groups in total. The van der Waals surface area contributed by atoms with E-state index in [-0.39, 0.29) is 0 Å². The van der Waals surface area contributed by atoms with Gasteiger partial charge in [-0.25, -0.2) is 0 Å². The van der Waals surface area contributed by atoms with Crippen LogP contribution in [-0.2, 0) is 13.5 Å². The molecule has 0 amide bonds. The van der Waals surface area contributed by atoms with Crippen LogP contribution in [0.15, 0.2) is 4.47 Å². The predicted molar refractivity (Wildman–Crippen MR) is 64.7 cm³/mol. The van der Waals surface area contributed by atoms with E-state index in [4.69, 9.17) is 5.73 Å². The molecule has 1 unspecified atom stereocenters. The van der Waals surface area contributed by atoms with Gasteiger partial charge in [-0.2, -0.15) is 5.10 Å². The van der Waals surface area contributed by atoms with Crippen molar-refractivity contribution < 1.29 is 0 Å².